The number of hydrogen-bond acceptors (Lipinski definition) is 4. The van der Waals surface area contributed by atoms with Crippen LogP contribution in [0.25, 0.3) is 0 Å². The number of amides is 1. The fourth-order valence-corrected chi connectivity index (χ4v) is 0.730. The molecule has 5 nitrogen and oxygen atoms in total. The van der Waals surface area contributed by atoms with E-state index < -0.39 is 24.5 Å². The van der Waals surface area contributed by atoms with Gasteiger partial charge in [-0.25, -0.2) is 0 Å². The monoisotopic (exact) mass is 232 g/mol. The summed E-state index contributed by atoms with van der Waals surface area (Å²) in [5.41, 5.74) is 0. The van der Waals surface area contributed by atoms with Gasteiger partial charge in [0.25, 0.3) is 0 Å². The van der Waals surface area contributed by atoms with Gasteiger partial charge in [-0.2, -0.15) is 0 Å². The van der Waals surface area contributed by atoms with Crippen LogP contribution in [0.1, 0.15) is 0 Å². The van der Waals surface area contributed by atoms with Gasteiger partial charge in [0, 0.05) is 0 Å². The maximum absolute atomic E-state index is 10.4. The molecule has 0 saturated heterocycles. The Hall–Kier alpha value is -0.382. The number of nitrogens with one attached hydrogen (secondary N) is 1. The van der Waals surface area contributed by atoms with Crippen LogP contribution >= 0.6 is 0 Å². The summed E-state index contributed by atoms with van der Waals surface area (Å²) in [7, 11) is 0. The summed E-state index contributed by atoms with van der Waals surface area (Å²) in [6.07, 6.45) is 0.636. The molecule has 0 saturated carbocycles. The molecule has 0 aliphatic rings. The summed E-state index contributed by atoms with van der Waals surface area (Å²) in [5.74, 6) is 0. The molecule has 3 N–H and O–H groups in total. The Bertz CT molecular complexity index is 126. The molecule has 0 aromatic rings. The zero-order chi connectivity index (χ0) is 7.98. The van der Waals surface area contributed by atoms with E-state index >= 15 is 0 Å². The normalized spacial score (nSPS) is 9.10. The molecule has 0 unspecified atom stereocenters. The molecule has 0 aromatic carbocycles. The molecule has 0 aliphatic carbocycles. The summed E-state index contributed by atoms with van der Waals surface area (Å²) in [6, 6.07) is 0. The Morgan fingerprint density at radius 3 is 2.80 bits per heavy atom. The molecule has 0 heterocycles. The van der Waals surface area contributed by atoms with Gasteiger partial charge >= 0.3 is 64.8 Å². The van der Waals surface area contributed by atoms with Crippen molar-refractivity contribution >= 4 is 6.09 Å². The molecule has 0 atom stereocenters. The minimum atomic E-state index is -3.48. The molecule has 59 valence electrons. The molecule has 0 rings (SSSR count). The summed E-state index contributed by atoms with van der Waals surface area (Å²) in [6.45, 7) is 3.59. The predicted octanol–water partition coefficient (Wildman–Crippen LogP) is -0.754. The van der Waals surface area contributed by atoms with Crippen molar-refractivity contribution in [3.05, 3.63) is 12.7 Å². The summed E-state index contributed by atoms with van der Waals surface area (Å²) < 4.78 is 20.5. The molecule has 10 heavy (non-hydrogen) atoms. The second kappa shape index (κ2) is 5.41. The Kier molecular flexibility index (Phi) is 5.20. The van der Waals surface area contributed by atoms with Crippen molar-refractivity contribution in [3.8, 4) is 0 Å². The SMILES string of the molecule is C=CCNC(=O)[O][Mo]([OH])[OH]. The van der Waals surface area contributed by atoms with Crippen LogP contribution in [0.3, 0.4) is 0 Å². The van der Waals surface area contributed by atoms with E-state index in [2.05, 4.69) is 15.3 Å². The quantitative estimate of drug-likeness (QED) is 0.440. The molecule has 6 heteroatoms. The maximum atomic E-state index is 10.4. The number of carbonyl (C=O) groups is 1. The van der Waals surface area contributed by atoms with Crippen molar-refractivity contribution < 1.29 is 34.2 Å². The topological polar surface area (TPSA) is 78.8 Å². The first kappa shape index (κ1) is 9.62. The van der Waals surface area contributed by atoms with Crippen LogP contribution in [0.4, 0.5) is 4.79 Å². The van der Waals surface area contributed by atoms with Crippen LogP contribution in [0.5, 0.6) is 0 Å². The van der Waals surface area contributed by atoms with Gasteiger partial charge in [-0.3, -0.25) is 0 Å². The van der Waals surface area contributed by atoms with Gasteiger partial charge in [0.05, 0.1) is 0 Å². The summed E-state index contributed by atoms with van der Waals surface area (Å²) in [5, 5.41) is 2.21. The van der Waals surface area contributed by atoms with Gasteiger partial charge in [-0.15, -0.1) is 0 Å². The second-order valence-corrected chi connectivity index (χ2v) is 2.82. The van der Waals surface area contributed by atoms with E-state index in [0.717, 1.165) is 0 Å². The van der Waals surface area contributed by atoms with Crippen LogP contribution in [-0.2, 0) is 21.8 Å². The van der Waals surface area contributed by atoms with Crippen molar-refractivity contribution in [2.75, 3.05) is 6.54 Å². The standard InChI is InChI=1S/C4H7NO2.Mo.2H2O/c1-2-3-5-4(6)7;;;/h2,5H,1,3H2,(H,6,7);;2*1H2/q;+3;;/p-3. The van der Waals surface area contributed by atoms with Gasteiger partial charge in [0.1, 0.15) is 0 Å². The number of rotatable bonds is 3. The van der Waals surface area contributed by atoms with E-state index in [-0.39, 0.29) is 6.54 Å². The zero-order valence-electron chi connectivity index (χ0n) is 5.11. The van der Waals surface area contributed by atoms with E-state index in [1.165, 1.54) is 6.08 Å². The summed E-state index contributed by atoms with van der Waals surface area (Å²) >= 11 is -3.48. The van der Waals surface area contributed by atoms with Gasteiger partial charge in [-0.1, -0.05) is 0 Å². The van der Waals surface area contributed by atoms with Crippen molar-refractivity contribution in [1.82, 2.24) is 5.32 Å². The molecule has 0 fully saturated rings. The summed E-state index contributed by atoms with van der Waals surface area (Å²) in [4.78, 5) is 10.4. The fraction of sp³-hybridized carbons (Fsp3) is 0.250. The van der Waals surface area contributed by atoms with Crippen LogP contribution in [0.2, 0.25) is 0 Å². The average Bonchev–Trinajstić information content (AvgIpc) is 1.82. The molecule has 0 spiro atoms. The van der Waals surface area contributed by atoms with Crippen molar-refractivity contribution in [3.63, 3.8) is 0 Å². The van der Waals surface area contributed by atoms with Crippen molar-refractivity contribution in [1.29, 1.82) is 0 Å². The van der Waals surface area contributed by atoms with E-state index in [9.17, 15) is 4.79 Å². The van der Waals surface area contributed by atoms with Crippen LogP contribution < -0.4 is 5.32 Å². The molecule has 0 aromatic heterocycles. The zero-order valence-corrected chi connectivity index (χ0v) is 7.12. The van der Waals surface area contributed by atoms with Gasteiger partial charge in [-0.05, 0) is 0 Å². The van der Waals surface area contributed by atoms with Gasteiger partial charge < -0.3 is 0 Å². The molecule has 0 bridgehead atoms. The third-order valence-corrected chi connectivity index (χ3v) is 1.28. The molecule has 1 amide bonds. The van der Waals surface area contributed by atoms with E-state index in [1.54, 1.807) is 0 Å². The van der Waals surface area contributed by atoms with E-state index in [1.807, 2.05) is 0 Å². The Labute approximate surface area is 65.2 Å². The van der Waals surface area contributed by atoms with Crippen molar-refractivity contribution in [2.45, 2.75) is 0 Å². The average molecular weight is 230 g/mol. The molecular formula is C4H8MoNO4. The minimum absolute atomic E-state index is 0.255. The third-order valence-electron chi connectivity index (χ3n) is 0.541. The molecule has 0 radical (unpaired) electrons. The number of carbonyl (C=O) groups excluding carboxylic acids is 1. The van der Waals surface area contributed by atoms with E-state index in [0.29, 0.717) is 0 Å². The second-order valence-electron chi connectivity index (χ2n) is 1.27. The fourth-order valence-electron chi connectivity index (χ4n) is 0.253. The molecule has 0 aliphatic heterocycles. The number of hydrogen-bond donors (Lipinski definition) is 3. The van der Waals surface area contributed by atoms with Crippen molar-refractivity contribution in [2.24, 2.45) is 0 Å². The Morgan fingerprint density at radius 2 is 2.40 bits per heavy atom. The van der Waals surface area contributed by atoms with Crippen LogP contribution in [0.15, 0.2) is 12.7 Å². The Morgan fingerprint density at radius 1 is 1.80 bits per heavy atom. The first-order chi connectivity index (χ1) is 4.66. The third kappa shape index (κ3) is 5.75. The first-order valence-corrected chi connectivity index (χ1v) is 4.97. The molecular weight excluding hydrogens is 222 g/mol. The Balaban J connectivity index is 3.34. The van der Waals surface area contributed by atoms with Gasteiger partial charge in [0.15, 0.2) is 0 Å². The predicted molar refractivity (Wildman–Crippen MR) is 29.1 cm³/mol. The van der Waals surface area contributed by atoms with E-state index in [4.69, 9.17) is 7.52 Å². The van der Waals surface area contributed by atoms with Gasteiger partial charge in [0.2, 0.25) is 0 Å². The van der Waals surface area contributed by atoms with Crippen LogP contribution in [-0.4, -0.2) is 20.2 Å². The first-order valence-electron chi connectivity index (χ1n) is 2.36. The van der Waals surface area contributed by atoms with Crippen LogP contribution in [0, 0.1) is 0 Å².